The van der Waals surface area contributed by atoms with E-state index in [1.54, 1.807) is 12.1 Å². The summed E-state index contributed by atoms with van der Waals surface area (Å²) in [6.07, 6.45) is -9.12. The zero-order valence-electron chi connectivity index (χ0n) is 12.6. The lowest BCUT2D eigenvalue weighted by molar-refractivity contribution is -0.174. The molecule has 2 aromatic carbocycles. The second-order valence-corrected chi connectivity index (χ2v) is 5.53. The lowest BCUT2D eigenvalue weighted by Crippen LogP contribution is -2.25. The van der Waals surface area contributed by atoms with Crippen LogP contribution in [0, 0.1) is 0 Å². The highest BCUT2D eigenvalue weighted by Gasteiger charge is 2.39. The van der Waals surface area contributed by atoms with E-state index in [2.05, 4.69) is 9.99 Å². The molecular formula is C17H11F6NO. The van der Waals surface area contributed by atoms with Crippen LogP contribution in [0.1, 0.15) is 16.7 Å². The molecule has 0 atom stereocenters. The molecule has 3 rings (SSSR count). The van der Waals surface area contributed by atoms with E-state index in [1.807, 2.05) is 12.1 Å². The molecule has 0 aromatic heterocycles. The third-order valence-electron chi connectivity index (χ3n) is 3.72. The largest absolute Gasteiger partial charge is 0.437 e. The van der Waals surface area contributed by atoms with Gasteiger partial charge in [0, 0.05) is 5.56 Å². The lowest BCUT2D eigenvalue weighted by Gasteiger charge is -2.12. The second kappa shape index (κ2) is 6.09. The Balaban J connectivity index is 1.98. The topological polar surface area (TPSA) is 21.6 Å². The number of hydrogen-bond acceptors (Lipinski definition) is 2. The molecule has 25 heavy (non-hydrogen) atoms. The normalized spacial score (nSPS) is 14.2. The standard InChI is InChI=1S/C17H11F6NO/c18-16(19,20)9-25-24-15(17(21,22)23)12-6-5-11-7-10-3-1-2-4-13(10)14(11)8-12/h1-6,8H,7,9H2. The minimum atomic E-state index is -4.95. The maximum Gasteiger partial charge on any atom is 0.437 e. The molecule has 8 heteroatoms. The number of alkyl halides is 6. The van der Waals surface area contributed by atoms with Crippen molar-refractivity contribution in [3.63, 3.8) is 0 Å². The molecule has 0 radical (unpaired) electrons. The quantitative estimate of drug-likeness (QED) is 0.362. The van der Waals surface area contributed by atoms with Gasteiger partial charge in [-0.1, -0.05) is 41.6 Å². The molecule has 0 heterocycles. The van der Waals surface area contributed by atoms with Crippen LogP contribution in [0.2, 0.25) is 0 Å². The van der Waals surface area contributed by atoms with Crippen LogP contribution in [0.15, 0.2) is 47.6 Å². The Morgan fingerprint density at radius 1 is 0.920 bits per heavy atom. The fourth-order valence-corrected chi connectivity index (χ4v) is 2.71. The molecule has 132 valence electrons. The summed E-state index contributed by atoms with van der Waals surface area (Å²) in [4.78, 5) is 3.87. The van der Waals surface area contributed by atoms with E-state index in [9.17, 15) is 26.3 Å². The Labute approximate surface area is 138 Å². The van der Waals surface area contributed by atoms with Gasteiger partial charge in [-0.2, -0.15) is 26.3 Å². The van der Waals surface area contributed by atoms with Gasteiger partial charge in [0.15, 0.2) is 5.71 Å². The Morgan fingerprint density at radius 3 is 2.28 bits per heavy atom. The van der Waals surface area contributed by atoms with Crippen molar-refractivity contribution in [1.82, 2.24) is 0 Å². The molecular weight excluding hydrogens is 348 g/mol. The summed E-state index contributed by atoms with van der Waals surface area (Å²) in [5.74, 6) is 0. The van der Waals surface area contributed by atoms with Crippen LogP contribution in [-0.4, -0.2) is 24.7 Å². The fourth-order valence-electron chi connectivity index (χ4n) is 2.71. The SMILES string of the molecule is FC(F)(F)CON=C(c1ccc2c(c1)-c1ccccc1C2)C(F)(F)F. The van der Waals surface area contributed by atoms with Crippen LogP contribution in [-0.2, 0) is 11.3 Å². The molecule has 2 nitrogen and oxygen atoms in total. The van der Waals surface area contributed by atoms with E-state index in [4.69, 9.17) is 0 Å². The Morgan fingerprint density at radius 2 is 1.60 bits per heavy atom. The fraction of sp³-hybridized carbons (Fsp3) is 0.235. The monoisotopic (exact) mass is 359 g/mol. The first-order valence-electron chi connectivity index (χ1n) is 7.20. The van der Waals surface area contributed by atoms with Gasteiger partial charge < -0.3 is 4.84 Å². The molecule has 0 amide bonds. The van der Waals surface area contributed by atoms with Crippen molar-refractivity contribution in [2.45, 2.75) is 18.8 Å². The Bertz CT molecular complexity index is 823. The number of halogens is 6. The van der Waals surface area contributed by atoms with Crippen molar-refractivity contribution in [1.29, 1.82) is 0 Å². The average Bonchev–Trinajstić information content (AvgIpc) is 2.87. The van der Waals surface area contributed by atoms with Crippen molar-refractivity contribution in [3.8, 4) is 11.1 Å². The van der Waals surface area contributed by atoms with Gasteiger partial charge in [0.2, 0.25) is 6.61 Å². The molecule has 1 aliphatic rings. The highest BCUT2D eigenvalue weighted by molar-refractivity contribution is 6.05. The van der Waals surface area contributed by atoms with Crippen molar-refractivity contribution >= 4 is 5.71 Å². The summed E-state index contributed by atoms with van der Waals surface area (Å²) in [6.45, 7) is -1.89. The maximum atomic E-state index is 13.2. The molecule has 0 N–H and O–H groups in total. The third kappa shape index (κ3) is 3.78. The average molecular weight is 359 g/mol. The van der Waals surface area contributed by atoms with Gasteiger partial charge in [-0.3, -0.25) is 0 Å². The molecule has 0 aliphatic heterocycles. The number of fused-ring (bicyclic) bond motifs is 3. The summed E-state index contributed by atoms with van der Waals surface area (Å²) in [6, 6.07) is 11.3. The summed E-state index contributed by atoms with van der Waals surface area (Å²) in [5, 5.41) is 2.70. The minimum absolute atomic E-state index is 0.342. The van der Waals surface area contributed by atoms with Crippen LogP contribution in [0.25, 0.3) is 11.1 Å². The summed E-state index contributed by atoms with van der Waals surface area (Å²) >= 11 is 0. The minimum Gasteiger partial charge on any atom is -0.386 e. The van der Waals surface area contributed by atoms with Gasteiger partial charge in [0.05, 0.1) is 0 Å². The molecule has 0 spiro atoms. The predicted molar refractivity (Wildman–Crippen MR) is 79.3 cm³/mol. The molecule has 0 fully saturated rings. The first kappa shape index (κ1) is 17.3. The number of oxime groups is 1. The highest BCUT2D eigenvalue weighted by atomic mass is 19.4. The van der Waals surface area contributed by atoms with Gasteiger partial charge >= 0.3 is 12.4 Å². The molecule has 0 saturated carbocycles. The van der Waals surface area contributed by atoms with Gasteiger partial charge in [0.25, 0.3) is 0 Å². The van der Waals surface area contributed by atoms with Crippen LogP contribution in [0.4, 0.5) is 26.3 Å². The van der Waals surface area contributed by atoms with Crippen molar-refractivity contribution < 1.29 is 31.2 Å². The Hall–Kier alpha value is -2.51. The van der Waals surface area contributed by atoms with E-state index in [0.29, 0.717) is 12.0 Å². The molecule has 0 unspecified atom stereocenters. The van der Waals surface area contributed by atoms with Crippen molar-refractivity contribution in [2.75, 3.05) is 6.61 Å². The zero-order chi connectivity index (χ0) is 18.2. The first-order chi connectivity index (χ1) is 11.6. The van der Waals surface area contributed by atoms with Crippen molar-refractivity contribution in [2.24, 2.45) is 5.16 Å². The van der Waals surface area contributed by atoms with E-state index < -0.39 is 24.7 Å². The summed E-state index contributed by atoms with van der Waals surface area (Å²) < 4.78 is 75.8. The first-order valence-corrected chi connectivity index (χ1v) is 7.20. The predicted octanol–water partition coefficient (Wildman–Crippen LogP) is 5.10. The van der Waals surface area contributed by atoms with E-state index in [1.165, 1.54) is 18.2 Å². The van der Waals surface area contributed by atoms with E-state index in [-0.39, 0.29) is 5.56 Å². The van der Waals surface area contributed by atoms with Gasteiger partial charge in [-0.05, 0) is 34.7 Å². The maximum absolute atomic E-state index is 13.2. The number of nitrogens with zero attached hydrogens (tertiary/aromatic N) is 1. The smallest absolute Gasteiger partial charge is 0.386 e. The van der Waals surface area contributed by atoms with Gasteiger partial charge in [-0.25, -0.2) is 0 Å². The number of rotatable bonds is 3. The van der Waals surface area contributed by atoms with Crippen LogP contribution in [0.3, 0.4) is 0 Å². The van der Waals surface area contributed by atoms with Gasteiger partial charge in [-0.15, -0.1) is 0 Å². The Kier molecular flexibility index (Phi) is 4.22. The zero-order valence-corrected chi connectivity index (χ0v) is 12.6. The van der Waals surface area contributed by atoms with Crippen molar-refractivity contribution in [3.05, 3.63) is 59.2 Å². The summed E-state index contributed by atoms with van der Waals surface area (Å²) in [7, 11) is 0. The number of hydrogen-bond donors (Lipinski definition) is 0. The highest BCUT2D eigenvalue weighted by Crippen LogP contribution is 2.38. The molecule has 0 saturated heterocycles. The van der Waals surface area contributed by atoms with Crippen LogP contribution in [0.5, 0.6) is 0 Å². The van der Waals surface area contributed by atoms with Crippen LogP contribution >= 0.6 is 0 Å². The molecule has 2 aromatic rings. The molecule has 0 bridgehead atoms. The lowest BCUT2D eigenvalue weighted by atomic mass is 10.0. The molecule has 1 aliphatic carbocycles. The van der Waals surface area contributed by atoms with E-state index in [0.717, 1.165) is 16.7 Å². The van der Waals surface area contributed by atoms with E-state index >= 15 is 0 Å². The van der Waals surface area contributed by atoms with Gasteiger partial charge in [0.1, 0.15) is 0 Å². The third-order valence-corrected chi connectivity index (χ3v) is 3.72. The second-order valence-electron chi connectivity index (χ2n) is 5.53. The number of benzene rings is 2. The van der Waals surface area contributed by atoms with Crippen LogP contribution < -0.4 is 0 Å². The summed E-state index contributed by atoms with van der Waals surface area (Å²) in [5.41, 5.74) is 1.41.